The van der Waals surface area contributed by atoms with Crippen molar-refractivity contribution < 1.29 is 14.3 Å². The highest BCUT2D eigenvalue weighted by Gasteiger charge is 2.44. The summed E-state index contributed by atoms with van der Waals surface area (Å²) in [6.07, 6.45) is 4.20. The van der Waals surface area contributed by atoms with Gasteiger partial charge in [-0.05, 0) is 48.8 Å². The normalized spacial score (nSPS) is 21.4. The first kappa shape index (κ1) is 25.6. The predicted molar refractivity (Wildman–Crippen MR) is 146 cm³/mol. The van der Waals surface area contributed by atoms with Crippen molar-refractivity contribution in [1.29, 1.82) is 10.5 Å². The molecule has 6 rings (SSSR count). The topological polar surface area (TPSA) is 115 Å². The number of hydrogen-bond acceptors (Lipinski definition) is 8. The molecule has 9 nitrogen and oxygen atoms in total. The third-order valence-corrected chi connectivity index (χ3v) is 8.20. The Labute approximate surface area is 233 Å². The van der Waals surface area contributed by atoms with Gasteiger partial charge < -0.3 is 19.3 Å². The summed E-state index contributed by atoms with van der Waals surface area (Å²) >= 11 is 0. The molecule has 202 valence electrons. The van der Waals surface area contributed by atoms with E-state index in [1.165, 1.54) is 11.1 Å². The molecule has 0 bridgehead atoms. The fraction of sp³-hybridized carbons (Fsp3) is 0.387. The SMILES string of the molecule is N#CC[C@H]1CN(c2nc(C#N)nc3c2CCC2(CCCc4ccccc42)O3)CCN1C(=O)OCc1ccccc1. The minimum absolute atomic E-state index is 0.0522. The average molecular weight is 535 g/mol. The molecule has 1 saturated heterocycles. The zero-order valence-corrected chi connectivity index (χ0v) is 22.3. The number of carbonyl (C=O) groups excluding carboxylic acids is 1. The van der Waals surface area contributed by atoms with Gasteiger partial charge in [-0.2, -0.15) is 15.5 Å². The number of nitriles is 2. The summed E-state index contributed by atoms with van der Waals surface area (Å²) in [5, 5.41) is 19.3. The largest absolute Gasteiger partial charge is 0.466 e. The van der Waals surface area contributed by atoms with Crippen molar-refractivity contribution in [3.8, 4) is 18.0 Å². The van der Waals surface area contributed by atoms with E-state index in [1.807, 2.05) is 30.3 Å². The van der Waals surface area contributed by atoms with Gasteiger partial charge in [-0.15, -0.1) is 0 Å². The molecule has 40 heavy (non-hydrogen) atoms. The molecule has 1 aliphatic carbocycles. The average Bonchev–Trinajstić information content (AvgIpc) is 3.00. The standard InChI is InChI=1S/C31H30N6O3/c32-16-13-24-20-36(17-18-37(24)30(38)39-21-22-7-2-1-3-8-22)28-25-12-15-31(40-29(25)35-27(19-33)34-28)14-6-10-23-9-4-5-11-26(23)31/h1-5,7-9,11,24H,6,10,12-15,17-18,20-21H2/t24-,31?/m0/s1. The van der Waals surface area contributed by atoms with Crippen LogP contribution in [0, 0.1) is 22.7 Å². The molecular weight excluding hydrogens is 504 g/mol. The van der Waals surface area contributed by atoms with Crippen molar-refractivity contribution in [2.24, 2.45) is 0 Å². The van der Waals surface area contributed by atoms with Crippen molar-refractivity contribution in [2.45, 2.75) is 56.8 Å². The van der Waals surface area contributed by atoms with Crippen molar-refractivity contribution in [2.75, 3.05) is 24.5 Å². The molecule has 3 aliphatic rings. The van der Waals surface area contributed by atoms with Crippen molar-refractivity contribution in [3.63, 3.8) is 0 Å². The first-order valence-electron chi connectivity index (χ1n) is 13.8. The second-order valence-corrected chi connectivity index (χ2v) is 10.6. The lowest BCUT2D eigenvalue weighted by atomic mass is 9.75. The maximum atomic E-state index is 13.0. The van der Waals surface area contributed by atoms with Gasteiger partial charge in [-0.1, -0.05) is 54.6 Å². The quantitative estimate of drug-likeness (QED) is 0.475. The summed E-state index contributed by atoms with van der Waals surface area (Å²) < 4.78 is 12.3. The molecule has 2 aromatic carbocycles. The number of piperazine rings is 1. The van der Waals surface area contributed by atoms with E-state index in [2.05, 4.69) is 51.3 Å². The first-order chi connectivity index (χ1) is 19.6. The third-order valence-electron chi connectivity index (χ3n) is 8.20. The van der Waals surface area contributed by atoms with E-state index in [4.69, 9.17) is 9.47 Å². The lowest BCUT2D eigenvalue weighted by molar-refractivity contribution is 0.0199. The molecular formula is C31H30N6O3. The van der Waals surface area contributed by atoms with Crippen molar-refractivity contribution in [3.05, 3.63) is 82.7 Å². The van der Waals surface area contributed by atoms with E-state index in [9.17, 15) is 15.3 Å². The van der Waals surface area contributed by atoms with Gasteiger partial charge in [-0.3, -0.25) is 0 Å². The van der Waals surface area contributed by atoms with Gasteiger partial charge in [-0.25, -0.2) is 9.78 Å². The van der Waals surface area contributed by atoms with Gasteiger partial charge in [0, 0.05) is 19.6 Å². The Hall–Kier alpha value is -4.63. The van der Waals surface area contributed by atoms with Crippen LogP contribution in [0.2, 0.25) is 0 Å². The Morgan fingerprint density at radius 1 is 1.05 bits per heavy atom. The number of carbonyl (C=O) groups is 1. The number of aromatic nitrogens is 2. The Balaban J connectivity index is 1.24. The molecule has 0 radical (unpaired) electrons. The van der Waals surface area contributed by atoms with Gasteiger partial charge in [0.05, 0.1) is 24.1 Å². The molecule has 1 amide bonds. The minimum atomic E-state index is -0.454. The lowest BCUT2D eigenvalue weighted by Gasteiger charge is -2.44. The zero-order valence-electron chi connectivity index (χ0n) is 22.3. The van der Waals surface area contributed by atoms with Crippen LogP contribution in [0.5, 0.6) is 5.88 Å². The van der Waals surface area contributed by atoms with Crippen LogP contribution >= 0.6 is 0 Å². The van der Waals surface area contributed by atoms with Crippen LogP contribution < -0.4 is 9.64 Å². The molecule has 1 unspecified atom stereocenters. The van der Waals surface area contributed by atoms with E-state index < -0.39 is 11.7 Å². The Morgan fingerprint density at radius 3 is 2.70 bits per heavy atom. The Kier molecular flexibility index (Phi) is 6.96. The smallest absolute Gasteiger partial charge is 0.410 e. The summed E-state index contributed by atoms with van der Waals surface area (Å²) in [7, 11) is 0. The molecule has 1 aromatic heterocycles. The number of hydrogen-bond donors (Lipinski definition) is 0. The summed E-state index contributed by atoms with van der Waals surface area (Å²) in [6.45, 7) is 1.44. The molecule has 1 spiro atoms. The molecule has 3 aromatic rings. The summed E-state index contributed by atoms with van der Waals surface area (Å²) in [5.41, 5.74) is 3.85. The minimum Gasteiger partial charge on any atom is -0.466 e. The molecule has 0 saturated carbocycles. The van der Waals surface area contributed by atoms with Crippen LogP contribution in [-0.4, -0.2) is 46.6 Å². The number of benzene rings is 2. The van der Waals surface area contributed by atoms with Crippen LogP contribution in [-0.2, 0) is 29.8 Å². The van der Waals surface area contributed by atoms with Gasteiger partial charge >= 0.3 is 6.09 Å². The molecule has 0 N–H and O–H groups in total. The van der Waals surface area contributed by atoms with E-state index in [1.54, 1.807) is 4.90 Å². The van der Waals surface area contributed by atoms with Crippen LogP contribution in [0.1, 0.15) is 53.8 Å². The molecule has 9 heteroatoms. The van der Waals surface area contributed by atoms with E-state index >= 15 is 0 Å². The maximum Gasteiger partial charge on any atom is 0.410 e. The van der Waals surface area contributed by atoms with Gasteiger partial charge in [0.2, 0.25) is 11.7 Å². The number of rotatable bonds is 4. The predicted octanol–water partition coefficient (Wildman–Crippen LogP) is 4.65. The zero-order chi connectivity index (χ0) is 27.5. The number of aryl methyl sites for hydroxylation is 1. The van der Waals surface area contributed by atoms with Crippen LogP contribution in [0.3, 0.4) is 0 Å². The summed E-state index contributed by atoms with van der Waals surface area (Å²) in [5.74, 6) is 1.17. The van der Waals surface area contributed by atoms with E-state index in [0.29, 0.717) is 37.8 Å². The van der Waals surface area contributed by atoms with Crippen LogP contribution in [0.25, 0.3) is 0 Å². The molecule has 2 aliphatic heterocycles. The number of ether oxygens (including phenoxy) is 2. The highest BCUT2D eigenvalue weighted by atomic mass is 16.6. The Bertz CT molecular complexity index is 1500. The Morgan fingerprint density at radius 2 is 1.88 bits per heavy atom. The molecule has 2 atom stereocenters. The number of amides is 1. The number of fused-ring (bicyclic) bond motifs is 3. The monoisotopic (exact) mass is 534 g/mol. The summed E-state index contributed by atoms with van der Waals surface area (Å²) in [6, 6.07) is 21.9. The first-order valence-corrected chi connectivity index (χ1v) is 13.8. The number of nitrogens with zero attached hydrogens (tertiary/aromatic N) is 6. The van der Waals surface area contributed by atoms with Gasteiger partial charge in [0.1, 0.15) is 24.1 Å². The summed E-state index contributed by atoms with van der Waals surface area (Å²) in [4.78, 5) is 25.8. The van der Waals surface area contributed by atoms with Gasteiger partial charge in [0.15, 0.2) is 0 Å². The van der Waals surface area contributed by atoms with Gasteiger partial charge in [0.25, 0.3) is 0 Å². The van der Waals surface area contributed by atoms with Crippen molar-refractivity contribution in [1.82, 2.24) is 14.9 Å². The lowest BCUT2D eigenvalue weighted by Crippen LogP contribution is -2.55. The highest BCUT2D eigenvalue weighted by Crippen LogP contribution is 2.47. The second-order valence-electron chi connectivity index (χ2n) is 10.6. The van der Waals surface area contributed by atoms with Crippen molar-refractivity contribution >= 4 is 11.9 Å². The fourth-order valence-corrected chi connectivity index (χ4v) is 6.25. The van der Waals surface area contributed by atoms with E-state index in [-0.39, 0.29) is 24.9 Å². The second kappa shape index (κ2) is 10.9. The molecule has 1 fully saturated rings. The maximum absolute atomic E-state index is 13.0. The van der Waals surface area contributed by atoms with Crippen LogP contribution in [0.15, 0.2) is 54.6 Å². The van der Waals surface area contributed by atoms with Crippen LogP contribution in [0.4, 0.5) is 10.6 Å². The third kappa shape index (κ3) is 4.80. The molecule has 3 heterocycles. The number of anilines is 1. The fourth-order valence-electron chi connectivity index (χ4n) is 6.25. The van der Waals surface area contributed by atoms with E-state index in [0.717, 1.165) is 36.8 Å². The highest BCUT2D eigenvalue weighted by molar-refractivity contribution is 5.69.